The molecule has 0 atom stereocenters. The van der Waals surface area contributed by atoms with Gasteiger partial charge in [-0.1, -0.05) is 12.1 Å². The molecule has 0 aromatic heterocycles. The van der Waals surface area contributed by atoms with Gasteiger partial charge in [0.2, 0.25) is 0 Å². The van der Waals surface area contributed by atoms with Gasteiger partial charge in [0, 0.05) is 0 Å². The molecule has 0 unspecified atom stereocenters. The lowest BCUT2D eigenvalue weighted by Gasteiger charge is -2.04. The molecule has 1 aromatic carbocycles. The SMILES string of the molecule is NCCc1cccc(N)c1O. The van der Waals surface area contributed by atoms with E-state index in [0.29, 0.717) is 18.7 Å². The van der Waals surface area contributed by atoms with Gasteiger partial charge in [0.15, 0.2) is 0 Å². The molecular weight excluding hydrogens is 140 g/mol. The van der Waals surface area contributed by atoms with Crippen molar-refractivity contribution >= 4 is 5.69 Å². The number of para-hydroxylation sites is 1. The number of rotatable bonds is 2. The number of benzene rings is 1. The molecule has 0 fully saturated rings. The molecule has 0 radical (unpaired) electrons. The van der Waals surface area contributed by atoms with Crippen molar-refractivity contribution in [3.8, 4) is 5.75 Å². The molecule has 0 aliphatic rings. The van der Waals surface area contributed by atoms with Crippen molar-refractivity contribution < 1.29 is 5.11 Å². The van der Waals surface area contributed by atoms with Gasteiger partial charge in [-0.3, -0.25) is 0 Å². The van der Waals surface area contributed by atoms with Gasteiger partial charge in [0.25, 0.3) is 0 Å². The number of nitrogen functional groups attached to an aromatic ring is 1. The van der Waals surface area contributed by atoms with Crippen molar-refractivity contribution in [2.45, 2.75) is 6.42 Å². The molecule has 0 saturated carbocycles. The van der Waals surface area contributed by atoms with E-state index in [4.69, 9.17) is 11.5 Å². The minimum absolute atomic E-state index is 0.165. The summed E-state index contributed by atoms with van der Waals surface area (Å²) >= 11 is 0. The van der Waals surface area contributed by atoms with Crippen molar-refractivity contribution in [1.82, 2.24) is 0 Å². The van der Waals surface area contributed by atoms with Gasteiger partial charge in [-0.05, 0) is 24.6 Å². The molecule has 1 rings (SSSR count). The molecule has 1 aromatic rings. The predicted molar refractivity (Wildman–Crippen MR) is 45.3 cm³/mol. The Bertz CT molecular complexity index is 248. The van der Waals surface area contributed by atoms with E-state index in [0.717, 1.165) is 5.56 Å². The van der Waals surface area contributed by atoms with Crippen molar-refractivity contribution in [2.75, 3.05) is 12.3 Å². The molecule has 3 nitrogen and oxygen atoms in total. The Hall–Kier alpha value is -1.22. The van der Waals surface area contributed by atoms with E-state index in [-0.39, 0.29) is 5.75 Å². The number of anilines is 1. The Morgan fingerprint density at radius 2 is 2.09 bits per heavy atom. The number of aromatic hydroxyl groups is 1. The molecule has 0 heterocycles. The number of nitrogens with two attached hydrogens (primary N) is 2. The molecule has 5 N–H and O–H groups in total. The average molecular weight is 152 g/mol. The summed E-state index contributed by atoms with van der Waals surface area (Å²) in [5, 5.41) is 9.35. The highest BCUT2D eigenvalue weighted by molar-refractivity contribution is 5.55. The molecule has 0 saturated heterocycles. The Labute approximate surface area is 65.6 Å². The Kier molecular flexibility index (Phi) is 2.33. The summed E-state index contributed by atoms with van der Waals surface area (Å²) in [5.74, 6) is 0.165. The van der Waals surface area contributed by atoms with E-state index in [1.807, 2.05) is 6.07 Å². The summed E-state index contributed by atoms with van der Waals surface area (Å²) in [6, 6.07) is 5.29. The molecule has 0 spiro atoms. The summed E-state index contributed by atoms with van der Waals surface area (Å²) in [6.45, 7) is 0.525. The van der Waals surface area contributed by atoms with Crippen molar-refractivity contribution in [2.24, 2.45) is 5.73 Å². The number of phenolic OH excluding ortho intramolecular Hbond substituents is 1. The van der Waals surface area contributed by atoms with Crippen LogP contribution in [0.15, 0.2) is 18.2 Å². The topological polar surface area (TPSA) is 72.3 Å². The van der Waals surface area contributed by atoms with Crippen molar-refractivity contribution in [1.29, 1.82) is 0 Å². The second-order valence-electron chi connectivity index (χ2n) is 2.39. The van der Waals surface area contributed by atoms with Crippen LogP contribution in [0.1, 0.15) is 5.56 Å². The van der Waals surface area contributed by atoms with E-state index in [2.05, 4.69) is 0 Å². The lowest BCUT2D eigenvalue weighted by Crippen LogP contribution is -2.03. The fourth-order valence-corrected chi connectivity index (χ4v) is 0.968. The monoisotopic (exact) mass is 152 g/mol. The molecule has 3 heteroatoms. The van der Waals surface area contributed by atoms with E-state index in [1.54, 1.807) is 12.1 Å². The van der Waals surface area contributed by atoms with Crippen LogP contribution in [0.2, 0.25) is 0 Å². The maximum absolute atomic E-state index is 9.35. The predicted octanol–water partition coefficient (Wildman–Crippen LogP) is 0.476. The van der Waals surface area contributed by atoms with Gasteiger partial charge in [-0.25, -0.2) is 0 Å². The highest BCUT2D eigenvalue weighted by Gasteiger charge is 2.01. The van der Waals surface area contributed by atoms with Gasteiger partial charge >= 0.3 is 0 Å². The zero-order chi connectivity index (χ0) is 8.27. The minimum atomic E-state index is 0.165. The summed E-state index contributed by atoms with van der Waals surface area (Å²) < 4.78 is 0. The molecule has 11 heavy (non-hydrogen) atoms. The van der Waals surface area contributed by atoms with Gasteiger partial charge in [0.1, 0.15) is 5.75 Å². The Morgan fingerprint density at radius 1 is 1.36 bits per heavy atom. The molecular formula is C8H12N2O. The zero-order valence-corrected chi connectivity index (χ0v) is 6.25. The molecule has 0 bridgehead atoms. The maximum atomic E-state index is 9.35. The lowest BCUT2D eigenvalue weighted by atomic mass is 10.1. The van der Waals surface area contributed by atoms with Gasteiger partial charge in [-0.15, -0.1) is 0 Å². The first-order valence-electron chi connectivity index (χ1n) is 3.52. The highest BCUT2D eigenvalue weighted by atomic mass is 16.3. The lowest BCUT2D eigenvalue weighted by molar-refractivity contribution is 0.471. The van der Waals surface area contributed by atoms with Crippen LogP contribution in [0.4, 0.5) is 5.69 Å². The highest BCUT2D eigenvalue weighted by Crippen LogP contribution is 2.24. The van der Waals surface area contributed by atoms with Crippen LogP contribution in [0.3, 0.4) is 0 Å². The fraction of sp³-hybridized carbons (Fsp3) is 0.250. The van der Waals surface area contributed by atoms with E-state index < -0.39 is 0 Å². The summed E-state index contributed by atoms with van der Waals surface area (Å²) in [7, 11) is 0. The quantitative estimate of drug-likeness (QED) is 0.426. The summed E-state index contributed by atoms with van der Waals surface area (Å²) in [6.07, 6.45) is 0.664. The van der Waals surface area contributed by atoms with Gasteiger partial charge < -0.3 is 16.6 Å². The first-order chi connectivity index (χ1) is 5.25. The van der Waals surface area contributed by atoms with E-state index in [9.17, 15) is 5.11 Å². The third-order valence-corrected chi connectivity index (χ3v) is 1.56. The van der Waals surface area contributed by atoms with E-state index >= 15 is 0 Å². The standard InChI is InChI=1S/C8H12N2O/c9-5-4-6-2-1-3-7(10)8(6)11/h1-3,11H,4-5,9-10H2. The third-order valence-electron chi connectivity index (χ3n) is 1.56. The smallest absolute Gasteiger partial charge is 0.141 e. The Balaban J connectivity index is 2.96. The zero-order valence-electron chi connectivity index (χ0n) is 6.25. The van der Waals surface area contributed by atoms with Crippen molar-refractivity contribution in [3.05, 3.63) is 23.8 Å². The minimum Gasteiger partial charge on any atom is -0.506 e. The molecule has 0 aliphatic heterocycles. The third kappa shape index (κ3) is 1.62. The molecule has 0 amide bonds. The van der Waals surface area contributed by atoms with Crippen LogP contribution in [-0.4, -0.2) is 11.7 Å². The van der Waals surface area contributed by atoms with Crippen LogP contribution < -0.4 is 11.5 Å². The van der Waals surface area contributed by atoms with Crippen LogP contribution >= 0.6 is 0 Å². The van der Waals surface area contributed by atoms with Crippen LogP contribution in [0, 0.1) is 0 Å². The van der Waals surface area contributed by atoms with E-state index in [1.165, 1.54) is 0 Å². The van der Waals surface area contributed by atoms with Crippen molar-refractivity contribution in [3.63, 3.8) is 0 Å². The van der Waals surface area contributed by atoms with Gasteiger partial charge in [0.05, 0.1) is 5.69 Å². The van der Waals surface area contributed by atoms with Crippen LogP contribution in [0.25, 0.3) is 0 Å². The number of hydrogen-bond donors (Lipinski definition) is 3. The first kappa shape index (κ1) is 7.88. The van der Waals surface area contributed by atoms with Gasteiger partial charge in [-0.2, -0.15) is 0 Å². The molecule has 60 valence electrons. The number of hydrogen-bond acceptors (Lipinski definition) is 3. The van der Waals surface area contributed by atoms with Crippen LogP contribution in [0.5, 0.6) is 5.75 Å². The summed E-state index contributed by atoms with van der Waals surface area (Å²) in [4.78, 5) is 0. The largest absolute Gasteiger partial charge is 0.506 e. The first-order valence-corrected chi connectivity index (χ1v) is 3.52. The number of phenols is 1. The fourth-order valence-electron chi connectivity index (χ4n) is 0.968. The molecule has 0 aliphatic carbocycles. The van der Waals surface area contributed by atoms with Crippen LogP contribution in [-0.2, 0) is 6.42 Å². The second kappa shape index (κ2) is 3.25. The normalized spacial score (nSPS) is 9.91. The average Bonchev–Trinajstić information content (AvgIpc) is 1.99. The summed E-state index contributed by atoms with van der Waals surface area (Å²) in [5.41, 5.74) is 12.0. The Morgan fingerprint density at radius 3 is 2.73 bits per heavy atom. The maximum Gasteiger partial charge on any atom is 0.141 e. The second-order valence-corrected chi connectivity index (χ2v) is 2.39.